The molecule has 5 rings (SSSR count). The highest BCUT2D eigenvalue weighted by molar-refractivity contribution is 8.53. The maximum atomic E-state index is 15.4. The lowest BCUT2D eigenvalue weighted by atomic mass is 9.98. The highest BCUT2D eigenvalue weighted by atomic mass is 32.4. The minimum atomic E-state index is -4.99. The molecule has 2 aromatic carbocycles. The molecule has 1 atom stereocenters. The summed E-state index contributed by atoms with van der Waals surface area (Å²) < 4.78 is 95.5. The molecule has 38 heavy (non-hydrogen) atoms. The molecule has 0 saturated heterocycles. The number of imidazole rings is 1. The summed E-state index contributed by atoms with van der Waals surface area (Å²) in [5.74, 6) is -5.77. The lowest BCUT2D eigenvalue weighted by Gasteiger charge is -2.71. The number of hydrogen-bond donors (Lipinski definition) is 4. The van der Waals surface area contributed by atoms with Crippen LogP contribution in [0.4, 0.5) is 17.6 Å². The summed E-state index contributed by atoms with van der Waals surface area (Å²) in [6.45, 7) is -0.647. The third kappa shape index (κ3) is 4.63. The molecule has 15 heteroatoms. The predicted molar refractivity (Wildman–Crippen MR) is 138 cm³/mol. The maximum Gasteiger partial charge on any atom is 0.334 e. The Bertz CT molecular complexity index is 1640. The van der Waals surface area contributed by atoms with Crippen molar-refractivity contribution in [3.8, 4) is 16.9 Å². The number of benzene rings is 2. The summed E-state index contributed by atoms with van der Waals surface area (Å²) >= 11 is 3.71. The van der Waals surface area contributed by atoms with Crippen molar-refractivity contribution >= 4 is 32.9 Å². The number of hydrogen-bond acceptors (Lipinski definition) is 8. The molecule has 0 amide bonds. The van der Waals surface area contributed by atoms with Gasteiger partial charge < -0.3 is 17.8 Å². The molecule has 9 nitrogen and oxygen atoms in total. The van der Waals surface area contributed by atoms with Crippen molar-refractivity contribution in [1.82, 2.24) is 19.0 Å². The van der Waals surface area contributed by atoms with Gasteiger partial charge in [0, 0.05) is 30.5 Å². The number of rotatable bonds is 6. The van der Waals surface area contributed by atoms with Gasteiger partial charge >= 0.3 is 11.6 Å². The molecule has 0 spiro atoms. The zero-order valence-electron chi connectivity index (χ0n) is 20.3. The molecule has 1 aliphatic rings. The predicted octanol–water partition coefficient (Wildman–Crippen LogP) is 4.78. The fraction of sp³-hybridized carbons (Fsp3) is 0.304. The Balaban J connectivity index is 1.70. The zero-order valence-corrected chi connectivity index (χ0v) is 22.0. The third-order valence-corrected chi connectivity index (χ3v) is 7.36. The number of nitrogens with zero attached hydrogens (tertiary/aromatic N) is 3. The Hall–Kier alpha value is -2.82. The molecule has 0 radical (unpaired) electrons. The standard InChI is InChI=1S/C23H24F4N4O5S2/c1-38(2,3,33,34)29-17-9-30-18(23(17,26)27)10-31(22(30)32)21-20-13(19-14(24)5-4-6-15(19)25)7-12(11-35-37)8-16(20)36-28-21/h4-8,10,17,29,33-34,37H,9,11H2,1-3H3/t17-/m1/s1. The lowest BCUT2D eigenvalue weighted by molar-refractivity contribution is -0.0264. The monoisotopic (exact) mass is 576 g/mol. The topological polar surface area (TPSA) is 115 Å². The molecule has 1 aliphatic heterocycles. The van der Waals surface area contributed by atoms with Crippen molar-refractivity contribution in [2.45, 2.75) is 25.1 Å². The Morgan fingerprint density at radius 1 is 1.24 bits per heavy atom. The molecule has 2 aromatic heterocycles. The van der Waals surface area contributed by atoms with Crippen LogP contribution in [0.25, 0.3) is 27.9 Å². The van der Waals surface area contributed by atoms with Crippen LogP contribution in [0.1, 0.15) is 11.3 Å². The largest absolute Gasteiger partial charge is 0.354 e. The van der Waals surface area contributed by atoms with Crippen molar-refractivity contribution in [2.24, 2.45) is 0 Å². The molecular formula is C23H24F4N4O5S2. The highest BCUT2D eigenvalue weighted by Crippen LogP contribution is 2.71. The average Bonchev–Trinajstić information content (AvgIpc) is 3.39. The van der Waals surface area contributed by atoms with Crippen LogP contribution in [-0.2, 0) is 23.3 Å². The maximum absolute atomic E-state index is 15.4. The van der Waals surface area contributed by atoms with Crippen LogP contribution in [0, 0.1) is 11.6 Å². The van der Waals surface area contributed by atoms with E-state index >= 15 is 8.78 Å². The summed E-state index contributed by atoms with van der Waals surface area (Å²) in [5.41, 5.74) is -1.69. The van der Waals surface area contributed by atoms with Crippen molar-refractivity contribution in [2.75, 3.05) is 18.8 Å². The van der Waals surface area contributed by atoms with E-state index in [1.54, 1.807) is 0 Å². The fourth-order valence-corrected chi connectivity index (χ4v) is 6.08. The SMILES string of the molecule is CS(C)(C)(O)(O)N[C@@H]1Cn2c(cn(-c3noc4cc(COS)cc(-c5c(F)cccc5F)c34)c2=O)C1(F)F. The van der Waals surface area contributed by atoms with Gasteiger partial charge in [-0.2, -0.15) is 8.78 Å². The molecule has 206 valence electrons. The summed E-state index contributed by atoms with van der Waals surface area (Å²) in [7, 11) is -4.99. The van der Waals surface area contributed by atoms with Crippen molar-refractivity contribution in [1.29, 1.82) is 0 Å². The minimum absolute atomic E-state index is 0.00545. The molecule has 3 heterocycles. The summed E-state index contributed by atoms with van der Waals surface area (Å²) in [6.07, 6.45) is 3.93. The molecule has 4 aromatic rings. The number of aromatic nitrogens is 3. The number of nitrogens with one attached hydrogen (secondary N) is 1. The van der Waals surface area contributed by atoms with Gasteiger partial charge in [-0.3, -0.25) is 13.6 Å². The van der Waals surface area contributed by atoms with Gasteiger partial charge in [-0.25, -0.2) is 22.9 Å². The van der Waals surface area contributed by atoms with Gasteiger partial charge in [0.1, 0.15) is 23.4 Å². The van der Waals surface area contributed by atoms with Gasteiger partial charge in [0.25, 0.3) is 0 Å². The first-order valence-corrected chi connectivity index (χ1v) is 15.0. The molecule has 0 unspecified atom stereocenters. The molecular weight excluding hydrogens is 552 g/mol. The summed E-state index contributed by atoms with van der Waals surface area (Å²) in [4.78, 5) is 13.3. The molecule has 0 aliphatic carbocycles. The van der Waals surface area contributed by atoms with Crippen molar-refractivity contribution < 1.29 is 35.4 Å². The van der Waals surface area contributed by atoms with E-state index in [4.69, 9.17) is 8.71 Å². The van der Waals surface area contributed by atoms with Gasteiger partial charge in [-0.05, 0) is 42.7 Å². The fourth-order valence-electron chi connectivity index (χ4n) is 4.60. The van der Waals surface area contributed by atoms with E-state index in [0.29, 0.717) is 5.56 Å². The third-order valence-electron chi connectivity index (χ3n) is 6.03. The second kappa shape index (κ2) is 7.86. The van der Waals surface area contributed by atoms with Crippen LogP contribution >= 0.6 is 22.0 Å². The molecule has 0 fully saturated rings. The Morgan fingerprint density at radius 3 is 2.47 bits per heavy atom. The molecule has 0 bridgehead atoms. The number of thiol groups is 1. The second-order valence-electron chi connectivity index (χ2n) is 10.7. The van der Waals surface area contributed by atoms with Crippen LogP contribution in [-0.4, -0.2) is 48.2 Å². The van der Waals surface area contributed by atoms with E-state index in [9.17, 15) is 22.7 Å². The summed E-state index contributed by atoms with van der Waals surface area (Å²) in [6, 6.07) is 4.35. The van der Waals surface area contributed by atoms with Gasteiger partial charge in [-0.15, -0.1) is 0 Å². The second-order valence-corrected chi connectivity index (χ2v) is 17.5. The smallest absolute Gasteiger partial charge is 0.334 e. The highest BCUT2D eigenvalue weighted by Gasteiger charge is 2.54. The average molecular weight is 577 g/mol. The quantitative estimate of drug-likeness (QED) is 0.148. The lowest BCUT2D eigenvalue weighted by Crippen LogP contribution is -2.54. The first kappa shape index (κ1) is 26.8. The van der Waals surface area contributed by atoms with Gasteiger partial charge in [0.2, 0.25) is 0 Å². The first-order chi connectivity index (χ1) is 17.4. The van der Waals surface area contributed by atoms with E-state index in [1.165, 1.54) is 18.2 Å². The van der Waals surface area contributed by atoms with E-state index in [1.807, 2.05) is 0 Å². The van der Waals surface area contributed by atoms with Gasteiger partial charge in [0.15, 0.2) is 11.4 Å². The summed E-state index contributed by atoms with van der Waals surface area (Å²) in [5, 5.41) is 3.87. The van der Waals surface area contributed by atoms with Crippen LogP contribution in [0.15, 0.2) is 45.8 Å². The first-order valence-electron chi connectivity index (χ1n) is 11.1. The van der Waals surface area contributed by atoms with Crippen LogP contribution in [0.5, 0.6) is 0 Å². The van der Waals surface area contributed by atoms with Crippen molar-refractivity contribution in [3.05, 3.63) is 69.9 Å². The number of alkyl halides is 2. The Kier molecular flexibility index (Phi) is 5.54. The zero-order chi connectivity index (χ0) is 27.9. The van der Waals surface area contributed by atoms with E-state index in [0.717, 1.165) is 46.2 Å². The van der Waals surface area contributed by atoms with Crippen LogP contribution < -0.4 is 10.4 Å². The van der Waals surface area contributed by atoms with E-state index in [2.05, 4.69) is 22.8 Å². The van der Waals surface area contributed by atoms with Crippen LogP contribution in [0.2, 0.25) is 0 Å². The normalized spacial score (nSPS) is 18.9. The molecule has 3 N–H and O–H groups in total. The number of halogens is 4. The van der Waals surface area contributed by atoms with Crippen molar-refractivity contribution in [3.63, 3.8) is 0 Å². The Labute approximate surface area is 218 Å². The Morgan fingerprint density at radius 2 is 1.89 bits per heavy atom. The van der Waals surface area contributed by atoms with E-state index < -0.39 is 56.1 Å². The minimum Gasteiger partial charge on any atom is -0.354 e. The van der Waals surface area contributed by atoms with Crippen LogP contribution in [0.3, 0.4) is 0 Å². The van der Waals surface area contributed by atoms with Gasteiger partial charge in [-0.1, -0.05) is 11.2 Å². The van der Waals surface area contributed by atoms with E-state index in [-0.39, 0.29) is 29.0 Å². The number of fused-ring (bicyclic) bond motifs is 2. The van der Waals surface area contributed by atoms with Gasteiger partial charge in [0.05, 0.1) is 24.1 Å². The molecule has 0 saturated carbocycles.